The number of rotatable bonds is 7. The highest BCUT2D eigenvalue weighted by Crippen LogP contribution is 2.24. The van der Waals surface area contributed by atoms with Gasteiger partial charge in [-0.2, -0.15) is 4.98 Å². The topological polar surface area (TPSA) is 70.5 Å². The van der Waals surface area contributed by atoms with E-state index < -0.39 is 0 Å². The largest absolute Gasteiger partial charge is 0.492 e. The molecule has 2 aromatic rings. The van der Waals surface area contributed by atoms with Gasteiger partial charge in [-0.05, 0) is 31.9 Å². The molecule has 0 bridgehead atoms. The van der Waals surface area contributed by atoms with Crippen molar-refractivity contribution >= 4 is 11.8 Å². The van der Waals surface area contributed by atoms with Crippen LogP contribution in [0.4, 0.5) is 11.8 Å². The number of nitrogens with zero attached hydrogens (tertiary/aromatic N) is 3. The Kier molecular flexibility index (Phi) is 5.48. The molecular weight excluding hydrogens is 304 g/mol. The zero-order valence-corrected chi connectivity index (χ0v) is 14.0. The van der Waals surface area contributed by atoms with Gasteiger partial charge in [-0.25, -0.2) is 4.98 Å². The molecule has 0 radical (unpaired) electrons. The Balaban J connectivity index is 1.58. The molecule has 24 heavy (non-hydrogen) atoms. The summed E-state index contributed by atoms with van der Waals surface area (Å²) >= 11 is 0. The minimum Gasteiger partial charge on any atom is -0.492 e. The Morgan fingerprint density at radius 2 is 2.17 bits per heavy atom. The lowest BCUT2D eigenvalue weighted by Crippen LogP contribution is -2.33. The molecule has 1 unspecified atom stereocenters. The van der Waals surface area contributed by atoms with Gasteiger partial charge in [-0.3, -0.25) is 0 Å². The predicted octanol–water partition coefficient (Wildman–Crippen LogP) is 2.24. The fourth-order valence-electron chi connectivity index (χ4n) is 2.89. The third-order valence-electron chi connectivity index (χ3n) is 4.21. The summed E-state index contributed by atoms with van der Waals surface area (Å²) in [5, 5.41) is 12.8. The molecule has 1 fully saturated rings. The van der Waals surface area contributed by atoms with Gasteiger partial charge in [-0.1, -0.05) is 18.2 Å². The lowest BCUT2D eigenvalue weighted by Gasteiger charge is -2.23. The van der Waals surface area contributed by atoms with E-state index in [9.17, 15) is 5.11 Å². The first-order valence-corrected chi connectivity index (χ1v) is 8.41. The maximum absolute atomic E-state index is 9.47. The smallest absolute Gasteiger partial charge is 0.227 e. The summed E-state index contributed by atoms with van der Waals surface area (Å²) in [6.45, 7) is 4.24. The third kappa shape index (κ3) is 3.94. The minimum atomic E-state index is 0.127. The van der Waals surface area contributed by atoms with Crippen molar-refractivity contribution in [1.82, 2.24) is 9.97 Å². The summed E-state index contributed by atoms with van der Waals surface area (Å²) in [7, 11) is 0. The quantitative estimate of drug-likeness (QED) is 0.760. The van der Waals surface area contributed by atoms with Crippen LogP contribution in [0.15, 0.2) is 36.5 Å². The summed E-state index contributed by atoms with van der Waals surface area (Å²) < 4.78 is 5.68. The van der Waals surface area contributed by atoms with Crippen LogP contribution < -0.4 is 15.0 Å². The number of nitrogens with one attached hydrogen (secondary N) is 1. The van der Waals surface area contributed by atoms with E-state index in [-0.39, 0.29) is 12.6 Å². The Morgan fingerprint density at radius 1 is 1.33 bits per heavy atom. The average molecular weight is 328 g/mol. The number of hydrogen-bond donors (Lipinski definition) is 2. The number of aromatic nitrogens is 2. The fraction of sp³-hybridized carbons (Fsp3) is 0.444. The number of aliphatic hydroxyl groups is 1. The van der Waals surface area contributed by atoms with E-state index in [0.717, 1.165) is 36.5 Å². The van der Waals surface area contributed by atoms with E-state index >= 15 is 0 Å². The summed E-state index contributed by atoms with van der Waals surface area (Å²) in [4.78, 5) is 11.1. The molecule has 1 aromatic heterocycles. The Hall–Kier alpha value is -2.34. The summed E-state index contributed by atoms with van der Waals surface area (Å²) in [5.41, 5.74) is 0.998. The molecule has 0 amide bonds. The van der Waals surface area contributed by atoms with Crippen LogP contribution in [-0.2, 0) is 0 Å². The van der Waals surface area contributed by atoms with Gasteiger partial charge in [0.05, 0.1) is 19.2 Å². The lowest BCUT2D eigenvalue weighted by molar-refractivity contribution is 0.265. The molecule has 1 aliphatic rings. The minimum absolute atomic E-state index is 0.127. The van der Waals surface area contributed by atoms with Crippen molar-refractivity contribution in [3.8, 4) is 5.75 Å². The lowest BCUT2D eigenvalue weighted by atomic mass is 10.2. The van der Waals surface area contributed by atoms with Crippen molar-refractivity contribution < 1.29 is 9.84 Å². The normalized spacial score (nSPS) is 17.1. The molecule has 1 aliphatic heterocycles. The Morgan fingerprint density at radius 3 is 2.96 bits per heavy atom. The van der Waals surface area contributed by atoms with Crippen molar-refractivity contribution in [1.29, 1.82) is 0 Å². The van der Waals surface area contributed by atoms with Gasteiger partial charge in [0.25, 0.3) is 0 Å². The molecule has 2 N–H and O–H groups in total. The molecule has 0 saturated carbocycles. The van der Waals surface area contributed by atoms with Crippen LogP contribution in [0.2, 0.25) is 0 Å². The van der Waals surface area contributed by atoms with Gasteiger partial charge in [0, 0.05) is 18.3 Å². The predicted molar refractivity (Wildman–Crippen MR) is 94.6 cm³/mol. The van der Waals surface area contributed by atoms with E-state index in [2.05, 4.69) is 20.2 Å². The number of anilines is 2. The van der Waals surface area contributed by atoms with E-state index in [4.69, 9.17) is 4.74 Å². The summed E-state index contributed by atoms with van der Waals surface area (Å²) in [5.74, 6) is 2.37. The second-order valence-corrected chi connectivity index (χ2v) is 5.96. The number of benzene rings is 1. The van der Waals surface area contributed by atoms with Crippen molar-refractivity contribution in [3.05, 3.63) is 42.1 Å². The third-order valence-corrected chi connectivity index (χ3v) is 4.21. The van der Waals surface area contributed by atoms with Crippen LogP contribution in [0.25, 0.3) is 0 Å². The highest BCUT2D eigenvalue weighted by molar-refractivity contribution is 5.48. The summed E-state index contributed by atoms with van der Waals surface area (Å²) in [6.07, 6.45) is 3.88. The first-order chi connectivity index (χ1) is 11.8. The van der Waals surface area contributed by atoms with E-state index in [1.54, 1.807) is 0 Å². The van der Waals surface area contributed by atoms with Crippen molar-refractivity contribution in [2.24, 2.45) is 0 Å². The SMILES string of the molecule is Cc1cnc(N2CCCC2CO)nc1NCCOc1ccccc1. The van der Waals surface area contributed by atoms with Crippen molar-refractivity contribution in [3.63, 3.8) is 0 Å². The summed E-state index contributed by atoms with van der Waals surface area (Å²) in [6, 6.07) is 9.89. The molecule has 6 heteroatoms. The van der Waals surface area contributed by atoms with E-state index in [1.807, 2.05) is 43.5 Å². The van der Waals surface area contributed by atoms with Gasteiger partial charge < -0.3 is 20.1 Å². The van der Waals surface area contributed by atoms with Crippen LogP contribution in [0.5, 0.6) is 5.75 Å². The highest BCUT2D eigenvalue weighted by Gasteiger charge is 2.26. The molecule has 1 aromatic carbocycles. The molecule has 1 saturated heterocycles. The first-order valence-electron chi connectivity index (χ1n) is 8.41. The van der Waals surface area contributed by atoms with Crippen LogP contribution >= 0.6 is 0 Å². The second-order valence-electron chi connectivity index (χ2n) is 5.96. The molecule has 128 valence electrons. The number of hydrogen-bond acceptors (Lipinski definition) is 6. The Labute approximate surface area is 142 Å². The molecule has 0 aliphatic carbocycles. The standard InChI is InChI=1S/C18H24N4O2/c1-14-12-20-18(22-10-5-6-15(22)13-23)21-17(14)19-9-11-24-16-7-3-2-4-8-16/h2-4,7-8,12,15,23H,5-6,9-11,13H2,1H3,(H,19,20,21). The Bertz CT molecular complexity index is 651. The van der Waals surface area contributed by atoms with Crippen LogP contribution in [0.1, 0.15) is 18.4 Å². The van der Waals surface area contributed by atoms with Gasteiger partial charge >= 0.3 is 0 Å². The zero-order valence-electron chi connectivity index (χ0n) is 14.0. The molecule has 2 heterocycles. The molecule has 3 rings (SSSR count). The van der Waals surface area contributed by atoms with Crippen LogP contribution in [0, 0.1) is 6.92 Å². The monoisotopic (exact) mass is 328 g/mol. The zero-order chi connectivity index (χ0) is 16.8. The number of aliphatic hydroxyl groups excluding tert-OH is 1. The fourth-order valence-corrected chi connectivity index (χ4v) is 2.89. The van der Waals surface area contributed by atoms with Gasteiger partial charge in [0.1, 0.15) is 18.2 Å². The molecule has 6 nitrogen and oxygen atoms in total. The molecule has 1 atom stereocenters. The number of aryl methyl sites for hydroxylation is 1. The molecular formula is C18H24N4O2. The van der Waals surface area contributed by atoms with Crippen molar-refractivity contribution in [2.45, 2.75) is 25.8 Å². The van der Waals surface area contributed by atoms with Gasteiger partial charge in [0.2, 0.25) is 5.95 Å². The van der Waals surface area contributed by atoms with E-state index in [0.29, 0.717) is 19.1 Å². The number of ether oxygens (including phenoxy) is 1. The van der Waals surface area contributed by atoms with Crippen LogP contribution in [0.3, 0.4) is 0 Å². The van der Waals surface area contributed by atoms with Crippen LogP contribution in [-0.4, -0.2) is 47.4 Å². The van der Waals surface area contributed by atoms with Gasteiger partial charge in [-0.15, -0.1) is 0 Å². The van der Waals surface area contributed by atoms with Crippen molar-refractivity contribution in [2.75, 3.05) is 36.5 Å². The van der Waals surface area contributed by atoms with Gasteiger partial charge in [0.15, 0.2) is 0 Å². The molecule has 0 spiro atoms. The maximum atomic E-state index is 9.47. The second kappa shape index (κ2) is 7.97. The highest BCUT2D eigenvalue weighted by atomic mass is 16.5. The van der Waals surface area contributed by atoms with E-state index in [1.165, 1.54) is 0 Å². The first kappa shape index (κ1) is 16.5. The number of para-hydroxylation sites is 1. The average Bonchev–Trinajstić information content (AvgIpc) is 3.10. The maximum Gasteiger partial charge on any atom is 0.227 e.